The van der Waals surface area contributed by atoms with Crippen LogP contribution in [0.2, 0.25) is 0 Å². The van der Waals surface area contributed by atoms with Gasteiger partial charge >= 0.3 is 0 Å². The first-order chi connectivity index (χ1) is 32.9. The standard InChI is InChI=1S/C58H50N4O.Pt/c1-8-39-30-31-59-55(32-39)62-51-25-13-12-22-49(51)50-29-28-46(37-54(50)62)63-45-21-16-20-44(36-45)60-38-61(53-27-15-14-26-52(53)60)56-47(40-18-10-9-11-19-40)23-17-24-48(56)41-33-42(57(2,3)4)35-43(34-41)58(5,6)7;/h9-35H,8H2,1-7H3;/q-2;/i12D,13D,22D,25D,28D,29D;. The van der Waals surface area contributed by atoms with Crippen LogP contribution in [-0.4, -0.2) is 14.1 Å². The van der Waals surface area contributed by atoms with Gasteiger partial charge in [0.25, 0.3) is 6.33 Å². The fourth-order valence-electron chi connectivity index (χ4n) is 8.24. The Morgan fingerprint density at radius 2 is 1.36 bits per heavy atom. The van der Waals surface area contributed by atoms with Gasteiger partial charge in [-0.05, 0) is 86.8 Å². The Balaban J connectivity index is 0.00000608. The summed E-state index contributed by atoms with van der Waals surface area (Å²) in [7, 11) is 0. The van der Waals surface area contributed by atoms with Crippen LogP contribution >= 0.6 is 0 Å². The second kappa shape index (κ2) is 16.9. The Bertz CT molecular complexity index is 3650. The van der Waals surface area contributed by atoms with Gasteiger partial charge in [-0.25, -0.2) is 4.98 Å². The molecule has 0 aliphatic carbocycles. The number of pyridine rings is 1. The molecule has 0 N–H and O–H groups in total. The summed E-state index contributed by atoms with van der Waals surface area (Å²) in [5.41, 5.74) is 11.3. The molecule has 0 saturated heterocycles. The molecule has 0 amide bonds. The van der Waals surface area contributed by atoms with Gasteiger partial charge in [0.1, 0.15) is 5.82 Å². The van der Waals surface area contributed by atoms with Gasteiger partial charge in [0.15, 0.2) is 0 Å². The molecule has 5 nitrogen and oxygen atoms in total. The smallest absolute Gasteiger partial charge is 0.268 e. The molecule has 0 radical (unpaired) electrons. The van der Waals surface area contributed by atoms with Crippen molar-refractivity contribution >= 4 is 32.8 Å². The van der Waals surface area contributed by atoms with Crippen molar-refractivity contribution in [2.24, 2.45) is 0 Å². The van der Waals surface area contributed by atoms with Crippen LogP contribution < -0.4 is 9.30 Å². The molecule has 0 spiro atoms. The Morgan fingerprint density at radius 1 is 0.656 bits per heavy atom. The summed E-state index contributed by atoms with van der Waals surface area (Å²) >= 11 is 0. The molecule has 3 heterocycles. The van der Waals surface area contributed by atoms with E-state index in [0.29, 0.717) is 17.9 Å². The maximum absolute atomic E-state index is 9.32. The number of ether oxygens (including phenoxy) is 1. The first-order valence-electron chi connectivity index (χ1n) is 24.4. The Kier molecular flexibility index (Phi) is 9.45. The first kappa shape index (κ1) is 35.9. The van der Waals surface area contributed by atoms with Gasteiger partial charge in [-0.2, -0.15) is 18.2 Å². The molecule has 0 atom stereocenters. The van der Waals surface area contributed by atoms with Crippen molar-refractivity contribution < 1.29 is 38.6 Å². The van der Waals surface area contributed by atoms with E-state index >= 15 is 0 Å². The summed E-state index contributed by atoms with van der Waals surface area (Å²) in [6.45, 7) is 15.5. The van der Waals surface area contributed by atoms with Gasteiger partial charge in [-0.1, -0.05) is 163 Å². The van der Waals surface area contributed by atoms with Gasteiger partial charge < -0.3 is 13.9 Å². The van der Waals surface area contributed by atoms with Crippen LogP contribution in [0.25, 0.3) is 72.3 Å². The van der Waals surface area contributed by atoms with E-state index in [4.69, 9.17) is 10.2 Å². The summed E-state index contributed by atoms with van der Waals surface area (Å²) in [5, 5.41) is 0.273. The molecule has 0 bridgehead atoms. The Labute approximate surface area is 399 Å². The van der Waals surface area contributed by atoms with E-state index < -0.39 is 12.1 Å². The van der Waals surface area contributed by atoms with Crippen molar-refractivity contribution in [1.82, 2.24) is 14.1 Å². The Hall–Kier alpha value is -6.55. The number of aryl methyl sites for hydroxylation is 1. The summed E-state index contributed by atoms with van der Waals surface area (Å²) in [5.74, 6) is 0.576. The van der Waals surface area contributed by atoms with Crippen LogP contribution in [0.15, 0.2) is 164 Å². The van der Waals surface area contributed by atoms with Crippen molar-refractivity contribution in [3.63, 3.8) is 0 Å². The summed E-state index contributed by atoms with van der Waals surface area (Å²) in [4.78, 5) is 4.61. The van der Waals surface area contributed by atoms with Crippen LogP contribution in [0.5, 0.6) is 11.5 Å². The third-order valence-corrected chi connectivity index (χ3v) is 11.7. The molecule has 3 aromatic heterocycles. The molecule has 6 heteroatoms. The number of aromatic nitrogens is 4. The zero-order chi connectivity index (χ0) is 48.7. The van der Waals surface area contributed by atoms with Crippen molar-refractivity contribution in [2.75, 3.05) is 0 Å². The minimum Gasteiger partial charge on any atom is -0.510 e. The van der Waals surface area contributed by atoms with E-state index in [0.717, 1.165) is 44.5 Å². The average molecular weight is 1020 g/mol. The predicted molar refractivity (Wildman–Crippen MR) is 258 cm³/mol. The number of nitrogens with zero attached hydrogens (tertiary/aromatic N) is 4. The largest absolute Gasteiger partial charge is 0.510 e. The minimum atomic E-state index is -0.431. The number of fused-ring (bicyclic) bond motifs is 4. The molecule has 0 saturated carbocycles. The maximum Gasteiger partial charge on any atom is 0.268 e. The normalized spacial score (nSPS) is 13.2. The molecule has 0 aliphatic heterocycles. The summed E-state index contributed by atoms with van der Waals surface area (Å²) in [6, 6.07) is 45.9. The second-order valence-corrected chi connectivity index (χ2v) is 18.0. The van der Waals surface area contributed by atoms with Crippen molar-refractivity contribution in [2.45, 2.75) is 65.7 Å². The molecule has 64 heavy (non-hydrogen) atoms. The third kappa shape index (κ3) is 7.88. The number of hydrogen-bond donors (Lipinski definition) is 0. The van der Waals surface area contributed by atoms with Gasteiger partial charge in [0, 0.05) is 45.6 Å². The van der Waals surface area contributed by atoms with Crippen molar-refractivity contribution in [1.29, 1.82) is 0 Å². The maximum atomic E-state index is 9.32. The van der Waals surface area contributed by atoms with E-state index in [1.54, 1.807) is 16.8 Å². The number of imidazole rings is 1. The van der Waals surface area contributed by atoms with E-state index in [9.17, 15) is 2.74 Å². The quantitative estimate of drug-likeness (QED) is 0.112. The fourth-order valence-corrected chi connectivity index (χ4v) is 8.24. The molecule has 0 aliphatic rings. The SMILES string of the molecule is [2H]c1c(Oc2[c-]c(-n3[c-][n+](-c4c(-c5ccccc5)cccc4-c4cc(C(C)(C)C)cc(C(C)(C)C)c4)c4ccccc43)ccc2)[c-]c2c(c1[2H])c1c([2H])c([2H])c([2H])c([2H])c1n2-c1cc(CC)ccn1.[Pt]. The molecule has 0 fully saturated rings. The average Bonchev–Trinajstić information content (AvgIpc) is 3.90. The number of para-hydroxylation sites is 4. The van der Waals surface area contributed by atoms with Crippen LogP contribution in [0.4, 0.5) is 0 Å². The van der Waals surface area contributed by atoms with E-state index in [1.165, 1.54) is 11.1 Å². The van der Waals surface area contributed by atoms with Crippen LogP contribution in [0, 0.1) is 18.5 Å². The number of rotatable bonds is 8. The number of hydrogen-bond acceptors (Lipinski definition) is 2. The van der Waals surface area contributed by atoms with Crippen LogP contribution in [0.3, 0.4) is 0 Å². The van der Waals surface area contributed by atoms with Gasteiger partial charge in [-0.15, -0.1) is 29.6 Å². The molecular formula is C58H50N4OPt-2. The molecule has 320 valence electrons. The van der Waals surface area contributed by atoms with E-state index in [2.05, 4.69) is 142 Å². The Morgan fingerprint density at radius 3 is 2.11 bits per heavy atom. The monoisotopic (exact) mass is 1020 g/mol. The second-order valence-electron chi connectivity index (χ2n) is 18.0. The predicted octanol–water partition coefficient (Wildman–Crippen LogP) is 14.1. The van der Waals surface area contributed by atoms with Crippen LogP contribution in [-0.2, 0) is 38.3 Å². The molecule has 0 unspecified atom stereocenters. The van der Waals surface area contributed by atoms with Crippen LogP contribution in [0.1, 0.15) is 73.4 Å². The zero-order valence-corrected chi connectivity index (χ0v) is 39.1. The summed E-state index contributed by atoms with van der Waals surface area (Å²) in [6.07, 6.45) is 6.08. The van der Waals surface area contributed by atoms with Crippen molar-refractivity contribution in [3.8, 4) is 50.9 Å². The molecule has 7 aromatic carbocycles. The molecule has 10 rings (SSSR count). The van der Waals surface area contributed by atoms with Gasteiger partial charge in [0.05, 0.1) is 22.2 Å². The van der Waals surface area contributed by atoms with Gasteiger partial charge in [0.2, 0.25) is 0 Å². The molecular weight excluding hydrogens is 964 g/mol. The van der Waals surface area contributed by atoms with Crippen molar-refractivity contribution in [3.05, 3.63) is 199 Å². The number of benzene rings is 7. The summed E-state index contributed by atoms with van der Waals surface area (Å²) < 4.78 is 65.7. The minimum absolute atomic E-state index is 0. The molecule has 10 aromatic rings. The topological polar surface area (TPSA) is 35.9 Å². The van der Waals surface area contributed by atoms with E-state index in [1.807, 2.05) is 54.0 Å². The zero-order valence-electron chi connectivity index (χ0n) is 42.8. The fraction of sp³-hybridized carbons (Fsp3) is 0.172. The third-order valence-electron chi connectivity index (χ3n) is 11.7. The van der Waals surface area contributed by atoms with Gasteiger partial charge in [-0.3, -0.25) is 4.57 Å². The first-order valence-corrected chi connectivity index (χ1v) is 21.4. The van der Waals surface area contributed by atoms with E-state index in [-0.39, 0.29) is 89.4 Å².